The third-order valence-corrected chi connectivity index (χ3v) is 2.77. The lowest BCUT2D eigenvalue weighted by atomic mass is 10.3. The minimum Gasteiger partial charge on any atom is -0.497 e. The van der Waals surface area contributed by atoms with Crippen molar-refractivity contribution in [2.45, 2.75) is 6.42 Å². The minimum atomic E-state index is 0.358. The van der Waals surface area contributed by atoms with Crippen LogP contribution in [0, 0.1) is 0 Å². The summed E-state index contributed by atoms with van der Waals surface area (Å²) >= 11 is 5.87. The number of ether oxygens (including phenoxy) is 3. The van der Waals surface area contributed by atoms with Gasteiger partial charge in [-0.3, -0.25) is 0 Å². The molecule has 0 saturated heterocycles. The number of aromatic nitrogens is 2. The van der Waals surface area contributed by atoms with E-state index in [0.717, 1.165) is 11.5 Å². The summed E-state index contributed by atoms with van der Waals surface area (Å²) in [5, 5.41) is 0.358. The third kappa shape index (κ3) is 3.99. The molecular weight excluding hydrogens is 280 g/mol. The zero-order valence-corrected chi connectivity index (χ0v) is 12.1. The van der Waals surface area contributed by atoms with Crippen LogP contribution < -0.4 is 14.2 Å². The fourth-order valence-electron chi connectivity index (χ4n) is 1.59. The van der Waals surface area contributed by atoms with E-state index in [4.69, 9.17) is 25.8 Å². The van der Waals surface area contributed by atoms with Gasteiger partial charge in [0, 0.05) is 12.5 Å². The van der Waals surface area contributed by atoms with Crippen molar-refractivity contribution in [3.05, 3.63) is 41.3 Å². The first-order valence-corrected chi connectivity index (χ1v) is 6.43. The van der Waals surface area contributed by atoms with Gasteiger partial charge in [-0.25, -0.2) is 4.98 Å². The van der Waals surface area contributed by atoms with Crippen molar-refractivity contribution in [2.75, 3.05) is 20.8 Å². The number of rotatable bonds is 6. The topological polar surface area (TPSA) is 53.5 Å². The summed E-state index contributed by atoms with van der Waals surface area (Å²) in [4.78, 5) is 8.31. The minimum absolute atomic E-state index is 0.358. The molecule has 0 N–H and O–H groups in total. The Hall–Kier alpha value is -2.01. The second kappa shape index (κ2) is 6.96. The number of benzene rings is 1. The molecule has 1 aromatic heterocycles. The Morgan fingerprint density at radius 1 is 1.00 bits per heavy atom. The Kier molecular flexibility index (Phi) is 5.01. The fraction of sp³-hybridized carbons (Fsp3) is 0.286. The maximum Gasteiger partial charge on any atom is 0.217 e. The molecule has 0 amide bonds. The van der Waals surface area contributed by atoms with Gasteiger partial charge in [-0.05, 0) is 24.3 Å². The molecule has 1 heterocycles. The van der Waals surface area contributed by atoms with Crippen molar-refractivity contribution >= 4 is 11.6 Å². The molecule has 0 aliphatic heterocycles. The van der Waals surface area contributed by atoms with Gasteiger partial charge in [0.25, 0.3) is 0 Å². The number of nitrogens with zero attached hydrogens (tertiary/aromatic N) is 2. The van der Waals surface area contributed by atoms with Gasteiger partial charge < -0.3 is 14.2 Å². The van der Waals surface area contributed by atoms with Gasteiger partial charge in [0.15, 0.2) is 0 Å². The molecule has 0 unspecified atom stereocenters. The lowest BCUT2D eigenvalue weighted by molar-refractivity contribution is 0.316. The van der Waals surface area contributed by atoms with Crippen LogP contribution in [0.4, 0.5) is 0 Å². The normalized spacial score (nSPS) is 10.2. The molecule has 2 rings (SSSR count). The van der Waals surface area contributed by atoms with E-state index in [9.17, 15) is 0 Å². The van der Waals surface area contributed by atoms with E-state index in [1.54, 1.807) is 13.2 Å². The van der Waals surface area contributed by atoms with Gasteiger partial charge in [0.05, 0.1) is 20.8 Å². The van der Waals surface area contributed by atoms with E-state index in [1.807, 2.05) is 24.3 Å². The maximum absolute atomic E-state index is 5.87. The van der Waals surface area contributed by atoms with Crippen molar-refractivity contribution in [3.63, 3.8) is 0 Å². The zero-order valence-electron chi connectivity index (χ0n) is 11.3. The van der Waals surface area contributed by atoms with E-state index in [2.05, 4.69) is 9.97 Å². The highest BCUT2D eigenvalue weighted by molar-refractivity contribution is 6.29. The first-order valence-electron chi connectivity index (χ1n) is 6.05. The SMILES string of the molecule is COc1ccc(OCCc2nc(Cl)cc(OC)n2)cc1. The van der Waals surface area contributed by atoms with Gasteiger partial charge in [-0.15, -0.1) is 0 Å². The van der Waals surface area contributed by atoms with Crippen LogP contribution in [0.1, 0.15) is 5.82 Å². The van der Waals surface area contributed by atoms with Crippen LogP contribution in [-0.4, -0.2) is 30.8 Å². The summed E-state index contributed by atoms with van der Waals surface area (Å²) < 4.78 is 15.7. The van der Waals surface area contributed by atoms with E-state index in [-0.39, 0.29) is 0 Å². The van der Waals surface area contributed by atoms with E-state index < -0.39 is 0 Å². The number of hydrogen-bond donors (Lipinski definition) is 0. The third-order valence-electron chi connectivity index (χ3n) is 2.58. The van der Waals surface area contributed by atoms with Gasteiger partial charge in [-0.1, -0.05) is 11.6 Å². The van der Waals surface area contributed by atoms with E-state index in [1.165, 1.54) is 7.11 Å². The highest BCUT2D eigenvalue weighted by Gasteiger charge is 2.04. The predicted octanol–water partition coefficient (Wildman–Crippen LogP) is 2.77. The molecule has 6 heteroatoms. The molecule has 20 heavy (non-hydrogen) atoms. The van der Waals surface area contributed by atoms with Crippen molar-refractivity contribution in [1.82, 2.24) is 9.97 Å². The van der Waals surface area contributed by atoms with Crippen LogP contribution >= 0.6 is 11.6 Å². The van der Waals surface area contributed by atoms with Crippen molar-refractivity contribution < 1.29 is 14.2 Å². The Bertz CT molecular complexity index is 561. The van der Waals surface area contributed by atoms with Gasteiger partial charge in [-0.2, -0.15) is 4.98 Å². The van der Waals surface area contributed by atoms with Crippen LogP contribution in [0.2, 0.25) is 5.15 Å². The average Bonchev–Trinajstić information content (AvgIpc) is 2.47. The summed E-state index contributed by atoms with van der Waals surface area (Å²) in [6, 6.07) is 8.94. The molecule has 0 bridgehead atoms. The van der Waals surface area contributed by atoms with E-state index in [0.29, 0.717) is 29.9 Å². The molecular formula is C14H15ClN2O3. The molecule has 2 aromatic rings. The van der Waals surface area contributed by atoms with Crippen molar-refractivity contribution in [2.24, 2.45) is 0 Å². The van der Waals surface area contributed by atoms with Crippen molar-refractivity contribution in [1.29, 1.82) is 0 Å². The molecule has 0 radical (unpaired) electrons. The highest BCUT2D eigenvalue weighted by Crippen LogP contribution is 2.17. The molecule has 0 aliphatic rings. The smallest absolute Gasteiger partial charge is 0.217 e. The van der Waals surface area contributed by atoms with Crippen LogP contribution in [0.25, 0.3) is 0 Å². The number of hydrogen-bond acceptors (Lipinski definition) is 5. The Morgan fingerprint density at radius 2 is 1.70 bits per heavy atom. The lowest BCUT2D eigenvalue weighted by Crippen LogP contribution is -2.06. The molecule has 1 aromatic carbocycles. The summed E-state index contributed by atoms with van der Waals surface area (Å²) in [5.74, 6) is 2.59. The first kappa shape index (κ1) is 14.4. The molecule has 0 aliphatic carbocycles. The second-order valence-corrected chi connectivity index (χ2v) is 4.31. The second-order valence-electron chi connectivity index (χ2n) is 3.92. The number of halogens is 1. The summed E-state index contributed by atoms with van der Waals surface area (Å²) in [7, 11) is 3.16. The Morgan fingerprint density at radius 3 is 2.35 bits per heavy atom. The largest absolute Gasteiger partial charge is 0.497 e. The van der Waals surface area contributed by atoms with Crippen LogP contribution in [0.15, 0.2) is 30.3 Å². The van der Waals surface area contributed by atoms with Gasteiger partial charge in [0.1, 0.15) is 22.5 Å². The monoisotopic (exact) mass is 294 g/mol. The van der Waals surface area contributed by atoms with Gasteiger partial charge in [0.2, 0.25) is 5.88 Å². The average molecular weight is 295 g/mol. The summed E-state index contributed by atoms with van der Waals surface area (Å²) in [6.07, 6.45) is 0.545. The number of methoxy groups -OCH3 is 2. The lowest BCUT2D eigenvalue weighted by Gasteiger charge is -2.07. The van der Waals surface area contributed by atoms with Crippen LogP contribution in [-0.2, 0) is 6.42 Å². The van der Waals surface area contributed by atoms with E-state index >= 15 is 0 Å². The predicted molar refractivity (Wildman–Crippen MR) is 75.8 cm³/mol. The maximum atomic E-state index is 5.87. The van der Waals surface area contributed by atoms with Crippen LogP contribution in [0.5, 0.6) is 17.4 Å². The van der Waals surface area contributed by atoms with Crippen LogP contribution in [0.3, 0.4) is 0 Å². The summed E-state index contributed by atoms with van der Waals surface area (Å²) in [5.41, 5.74) is 0. The molecule has 0 spiro atoms. The summed E-state index contributed by atoms with van der Waals surface area (Å²) in [6.45, 7) is 0.454. The Balaban J connectivity index is 1.90. The fourth-order valence-corrected chi connectivity index (χ4v) is 1.78. The quantitative estimate of drug-likeness (QED) is 0.767. The molecule has 5 nitrogen and oxygen atoms in total. The highest BCUT2D eigenvalue weighted by atomic mass is 35.5. The van der Waals surface area contributed by atoms with Crippen molar-refractivity contribution in [3.8, 4) is 17.4 Å². The molecule has 106 valence electrons. The molecule has 0 atom stereocenters. The standard InChI is InChI=1S/C14H15ClN2O3/c1-18-10-3-5-11(6-4-10)20-8-7-13-16-12(15)9-14(17-13)19-2/h3-6,9H,7-8H2,1-2H3. The zero-order chi connectivity index (χ0) is 14.4. The first-order chi connectivity index (χ1) is 9.71. The van der Waals surface area contributed by atoms with Gasteiger partial charge >= 0.3 is 0 Å². The molecule has 0 fully saturated rings. The molecule has 0 saturated carbocycles. The Labute approximate surface area is 122 Å².